The van der Waals surface area contributed by atoms with Gasteiger partial charge in [0.1, 0.15) is 45.5 Å². The van der Waals surface area contributed by atoms with E-state index in [1.54, 1.807) is 72.8 Å². The number of rotatable bonds is 40. The maximum atomic E-state index is 13.7. The summed E-state index contributed by atoms with van der Waals surface area (Å²) < 4.78 is 79.9. The number of halogens is 2. The zero-order valence-electron chi connectivity index (χ0n) is 58.4. The van der Waals surface area contributed by atoms with E-state index in [2.05, 4.69) is 105 Å². The summed E-state index contributed by atoms with van der Waals surface area (Å²) in [6.07, 6.45) is 22.4. The van der Waals surface area contributed by atoms with Crippen LogP contribution in [0.2, 0.25) is 0 Å². The monoisotopic (exact) mass is 1400 g/mol. The number of hydrogen-bond donors (Lipinski definition) is 2. The quantitative estimate of drug-likeness (QED) is 0.0158. The highest BCUT2D eigenvalue weighted by Gasteiger charge is 2.23. The van der Waals surface area contributed by atoms with Crippen molar-refractivity contribution in [1.29, 1.82) is 0 Å². The minimum atomic E-state index is -3.45. The first-order chi connectivity index (χ1) is 45.7. The number of fused-ring (bicyclic) bond motifs is 3. The number of hydrogen-bond acceptors (Lipinski definition) is 13. The molecular weight excluding hydrogens is 1300 g/mol. The van der Waals surface area contributed by atoms with Gasteiger partial charge in [-0.1, -0.05) is 118 Å². The second-order valence-corrected chi connectivity index (χ2v) is 27.9. The van der Waals surface area contributed by atoms with E-state index >= 15 is 0 Å². The Kier molecular flexibility index (Phi) is 38.0. The molecule has 8 aromatic rings. The number of anilines is 2. The molecule has 0 saturated heterocycles. The van der Waals surface area contributed by atoms with Crippen LogP contribution < -0.4 is 18.9 Å². The molecule has 0 aliphatic heterocycles. The molecule has 0 amide bonds. The van der Waals surface area contributed by atoms with Gasteiger partial charge in [0.2, 0.25) is 20.0 Å². The van der Waals surface area contributed by atoms with Crippen LogP contribution >= 0.6 is 24.0 Å². The molecule has 0 atom stereocenters. The third kappa shape index (κ3) is 30.6. The standard InChI is InChI=1S/C31H44N2O5S.C18H28ClN3O2.C13H17NO3S.C13H16O.ClH/c1-5-8-12-29-30(27-23-25(32-39(4,35)36)15-18-28(27)38-29)31(34)24-13-16-26(17-14-24)37-22-11-21-33(19-9-6-2)20-10-7-3;1-3-5-12-20-22(21-13-6-4-2)14-7-15-24-17-10-8-16(9-11-17)18(19)23;1-3-4-5-12-9-10-8-11(14-18(2,15)16)6-7-13(10)17-12;1-3-4-5-12-9-11-8-10(2)6-7-13(11)14-12;/h13-18,23,32H,5-12,19-22H2,1-4H3;8-11H,3-7,12-15H2,1-2H3;6-9,14H,3-5H2,1-2H3;6-9H,3-5H2,1-2H3;1H/q;-2;;;. The van der Waals surface area contributed by atoms with Gasteiger partial charge >= 0.3 is 0 Å². The Morgan fingerprint density at radius 1 is 0.490 bits per heavy atom. The predicted molar refractivity (Wildman–Crippen MR) is 399 cm³/mol. The lowest BCUT2D eigenvalue weighted by atomic mass is 9.98. The molecule has 0 saturated carbocycles. The molecule has 0 radical (unpaired) electrons. The van der Waals surface area contributed by atoms with Gasteiger partial charge < -0.3 is 43.6 Å². The normalized spacial score (nSPS) is 11.4. The van der Waals surface area contributed by atoms with Gasteiger partial charge in [-0.05, 0) is 192 Å². The van der Waals surface area contributed by atoms with Gasteiger partial charge in [-0.15, -0.1) is 25.5 Å². The van der Waals surface area contributed by atoms with Crippen molar-refractivity contribution < 1.29 is 49.1 Å². The van der Waals surface area contributed by atoms with Crippen LogP contribution in [0.5, 0.6) is 11.5 Å². The van der Waals surface area contributed by atoms with Gasteiger partial charge in [0, 0.05) is 64.5 Å². The number of unbranched alkanes of at least 4 members (excludes halogenated alkanes) is 7. The van der Waals surface area contributed by atoms with E-state index in [1.165, 1.54) is 49.5 Å². The summed E-state index contributed by atoms with van der Waals surface area (Å²) in [6, 6.07) is 34.8. The van der Waals surface area contributed by atoms with E-state index in [9.17, 15) is 26.4 Å². The number of nitrogens with zero attached hydrogens (tertiary/aromatic N) is 4. The first-order valence-electron chi connectivity index (χ1n) is 34.3. The number of benzene rings is 5. The van der Waals surface area contributed by atoms with Crippen molar-refractivity contribution in [3.63, 3.8) is 0 Å². The Morgan fingerprint density at radius 3 is 1.42 bits per heavy atom. The first kappa shape index (κ1) is 82.0. The number of carbonyl (C=O) groups is 2. The summed E-state index contributed by atoms with van der Waals surface area (Å²) in [5.41, 5.74) is 15.2. The van der Waals surface area contributed by atoms with Crippen LogP contribution in [-0.2, 0) is 39.3 Å². The van der Waals surface area contributed by atoms with Crippen molar-refractivity contribution in [2.75, 3.05) is 74.4 Å². The average Bonchev–Trinajstić information content (AvgIpc) is 1.61. The lowest BCUT2D eigenvalue weighted by Gasteiger charge is -2.50. The Morgan fingerprint density at radius 2 is 0.927 bits per heavy atom. The topological polar surface area (TPSA) is 219 Å². The number of nitrogens with one attached hydrogen (secondary N) is 2. The van der Waals surface area contributed by atoms with E-state index in [0.29, 0.717) is 64.4 Å². The Labute approximate surface area is 584 Å². The summed E-state index contributed by atoms with van der Waals surface area (Å²) in [5.74, 6) is 4.02. The minimum absolute atomic E-state index is 0. The summed E-state index contributed by atoms with van der Waals surface area (Å²) in [5, 5.41) is 4.13. The summed E-state index contributed by atoms with van der Waals surface area (Å²) >= 11 is 5.42. The average molecular weight is 1400 g/mol. The molecule has 5 aromatic carbocycles. The zero-order chi connectivity index (χ0) is 69.0. The van der Waals surface area contributed by atoms with Crippen molar-refractivity contribution in [3.05, 3.63) is 166 Å². The Hall–Kier alpha value is -6.42. The van der Waals surface area contributed by atoms with Crippen LogP contribution in [0.3, 0.4) is 0 Å². The third-order valence-electron chi connectivity index (χ3n) is 15.3. The number of furan rings is 3. The molecule has 0 aliphatic rings. The van der Waals surface area contributed by atoms with Crippen molar-refractivity contribution in [2.24, 2.45) is 0 Å². The number of ether oxygens (including phenoxy) is 2. The van der Waals surface area contributed by atoms with E-state index in [1.807, 2.05) is 23.3 Å². The molecule has 3 heterocycles. The Bertz CT molecular complexity index is 3740. The van der Waals surface area contributed by atoms with Gasteiger partial charge in [-0.25, -0.2) is 16.8 Å². The first-order valence-corrected chi connectivity index (χ1v) is 38.4. The molecule has 530 valence electrons. The molecule has 21 heteroatoms. The van der Waals surface area contributed by atoms with E-state index in [4.69, 9.17) is 34.3 Å². The van der Waals surface area contributed by atoms with Crippen molar-refractivity contribution >= 4 is 99.4 Å². The minimum Gasteiger partial charge on any atom is -0.614 e. The van der Waals surface area contributed by atoms with Gasteiger partial charge in [0.05, 0.1) is 31.3 Å². The molecule has 0 fully saturated rings. The Balaban J connectivity index is 0.000000293. The van der Waals surface area contributed by atoms with E-state index < -0.39 is 25.3 Å². The highest BCUT2D eigenvalue weighted by atomic mass is 35.5. The van der Waals surface area contributed by atoms with Crippen LogP contribution in [-0.4, -0.2) is 103 Å². The van der Waals surface area contributed by atoms with E-state index in [0.717, 1.165) is 168 Å². The fourth-order valence-electron chi connectivity index (χ4n) is 10.1. The molecule has 0 aliphatic carbocycles. The lowest BCUT2D eigenvalue weighted by Crippen LogP contribution is -2.28. The van der Waals surface area contributed by atoms with Crippen LogP contribution in [0, 0.1) is 6.92 Å². The number of ketones is 1. The molecule has 8 rings (SSSR count). The van der Waals surface area contributed by atoms with Crippen molar-refractivity contribution in [3.8, 4) is 11.5 Å². The summed E-state index contributed by atoms with van der Waals surface area (Å²) in [4.78, 5) is 27.2. The van der Waals surface area contributed by atoms with Crippen LogP contribution in [0.15, 0.2) is 129 Å². The number of aryl methyl sites for hydroxylation is 4. The largest absolute Gasteiger partial charge is 0.614 e. The SMILES string of the molecule is CCCC[N-]N(CCCOc1ccc(C(=O)Cl)cc1)[N-]CCCC.CCCCc1cc2cc(C)ccc2o1.CCCCc1cc2cc(NS(C)(=O)=O)ccc2o1.CCCCc1oc2ccc(NS(C)(=O)=O)cc2c1C(=O)c1ccc(OCCCN(CCCC)CCCC)cc1.Cl. The summed E-state index contributed by atoms with van der Waals surface area (Å²) in [6.45, 7) is 24.2. The molecule has 0 bridgehead atoms. The highest BCUT2D eigenvalue weighted by molar-refractivity contribution is 7.92. The van der Waals surface area contributed by atoms with Gasteiger partial charge in [0.25, 0.3) is 5.24 Å². The van der Waals surface area contributed by atoms with Crippen molar-refractivity contribution in [1.82, 2.24) is 10.0 Å². The third-order valence-corrected chi connectivity index (χ3v) is 16.7. The fourth-order valence-corrected chi connectivity index (χ4v) is 11.3. The lowest BCUT2D eigenvalue weighted by molar-refractivity contribution is 0.103. The second-order valence-electron chi connectivity index (χ2n) is 24.0. The molecule has 96 heavy (non-hydrogen) atoms. The summed E-state index contributed by atoms with van der Waals surface area (Å²) in [7, 11) is -6.68. The molecule has 0 unspecified atom stereocenters. The molecule has 3 aromatic heterocycles. The van der Waals surface area contributed by atoms with Gasteiger partial charge in [-0.2, -0.15) is 0 Å². The van der Waals surface area contributed by atoms with Crippen LogP contribution in [0.1, 0.15) is 200 Å². The number of carbonyl (C=O) groups excluding carboxylic acids is 2. The highest BCUT2D eigenvalue weighted by Crippen LogP contribution is 2.33. The maximum absolute atomic E-state index is 13.7. The molecule has 17 nitrogen and oxygen atoms in total. The van der Waals surface area contributed by atoms with Crippen LogP contribution in [0.25, 0.3) is 43.8 Å². The van der Waals surface area contributed by atoms with Crippen LogP contribution in [0.4, 0.5) is 11.4 Å². The number of sulfonamides is 2. The molecular formula is C75H106Cl2N6O11S2-2. The zero-order valence-corrected chi connectivity index (χ0v) is 61.6. The molecule has 2 N–H and O–H groups in total. The predicted octanol–water partition coefficient (Wildman–Crippen LogP) is 20.0. The van der Waals surface area contributed by atoms with E-state index in [-0.39, 0.29) is 18.2 Å². The maximum Gasteiger partial charge on any atom is 0.252 e. The second kappa shape index (κ2) is 44.5. The fraction of sp³-hybridized carbons (Fsp3) is 0.493. The smallest absolute Gasteiger partial charge is 0.252 e. The van der Waals surface area contributed by atoms with Gasteiger partial charge in [-0.3, -0.25) is 19.0 Å². The van der Waals surface area contributed by atoms with Crippen molar-refractivity contribution in [2.45, 2.75) is 177 Å². The molecule has 0 spiro atoms. The van der Waals surface area contributed by atoms with Gasteiger partial charge in [0.15, 0.2) is 5.78 Å².